The highest BCUT2D eigenvalue weighted by Gasteiger charge is 2.12. The van der Waals surface area contributed by atoms with Crippen LogP contribution in [0.1, 0.15) is 31.1 Å². The molecule has 13 nitrogen and oxygen atoms in total. The molecular weight excluding hydrogens is 556 g/mol. The summed E-state index contributed by atoms with van der Waals surface area (Å²) in [5.41, 5.74) is 7.01. The minimum absolute atomic E-state index is 0.0256. The summed E-state index contributed by atoms with van der Waals surface area (Å²) in [7, 11) is 10.4. The van der Waals surface area contributed by atoms with Crippen molar-refractivity contribution in [3.63, 3.8) is 0 Å². The van der Waals surface area contributed by atoms with Gasteiger partial charge in [-0.15, -0.1) is 0 Å². The lowest BCUT2D eigenvalue weighted by Crippen LogP contribution is -2.21. The van der Waals surface area contributed by atoms with Crippen LogP contribution in [0.3, 0.4) is 0 Å². The summed E-state index contributed by atoms with van der Waals surface area (Å²) in [5.74, 6) is -0.268. The number of amides is 2. The van der Waals surface area contributed by atoms with Gasteiger partial charge in [0.25, 0.3) is 28.4 Å². The maximum Gasteiger partial charge on any atom is 0.270 e. The number of nitrogen functional groups attached to an aromatic ring is 1. The Hall–Kier alpha value is -4.88. The summed E-state index contributed by atoms with van der Waals surface area (Å²) in [6.45, 7) is 0. The lowest BCUT2D eigenvalue weighted by atomic mass is 10.2. The predicted octanol–water partition coefficient (Wildman–Crippen LogP) is 4.08. The first-order chi connectivity index (χ1) is 19.2. The Morgan fingerprint density at radius 2 is 1.05 bits per heavy atom. The summed E-state index contributed by atoms with van der Waals surface area (Å²) >= 11 is 5.12. The van der Waals surface area contributed by atoms with E-state index in [-0.39, 0.29) is 28.8 Å². The molecule has 3 aromatic carbocycles. The Balaban J connectivity index is 0.000000559. The van der Waals surface area contributed by atoms with Crippen LogP contribution in [-0.2, 0) is 0 Å². The zero-order valence-electron chi connectivity index (χ0n) is 23.5. The Bertz CT molecular complexity index is 1320. The normalized spacial score (nSPS) is 9.24. The largest absolute Gasteiger partial charge is 0.399 e. The number of nitrogens with two attached hydrogens (primary N) is 1. The molecule has 3 N–H and O–H groups in total. The molecule has 0 aliphatic heterocycles. The van der Waals surface area contributed by atoms with Gasteiger partial charge in [0.1, 0.15) is 0 Å². The molecule has 0 bridgehead atoms. The summed E-state index contributed by atoms with van der Waals surface area (Å²) < 4.78 is 0. The number of nitro benzene ring substituents is 2. The molecule has 0 aromatic heterocycles. The summed E-state index contributed by atoms with van der Waals surface area (Å²) in [5, 5.41) is 22.7. The van der Waals surface area contributed by atoms with Gasteiger partial charge in [0.2, 0.25) is 0 Å². The molecule has 0 heterocycles. The maximum absolute atomic E-state index is 11.4. The maximum atomic E-state index is 11.4. The molecule has 14 heteroatoms. The van der Waals surface area contributed by atoms with Gasteiger partial charge in [-0.3, -0.25) is 34.6 Å². The van der Waals surface area contributed by atoms with Crippen LogP contribution in [0.2, 0.25) is 0 Å². The molecule has 0 saturated carbocycles. The van der Waals surface area contributed by atoms with Crippen molar-refractivity contribution in [3.05, 3.63) is 110 Å². The standard InChI is InChI=1S/C9H10N2O3.C9H12N2O.C7H4ClNO3.C2H7N/c1-10(2)9(12)7-4-3-5-8(6-7)11(13)14;1-11(2)9(12)7-4-3-5-8(10)6-7;8-7(10)5-2-1-3-6(4-5)9(11)12;1-3-2/h3-6H,1-2H3;3-6H,10H2,1-2H3;1-4H;3H,1-2H3. The van der Waals surface area contributed by atoms with Crippen LogP contribution >= 0.6 is 11.6 Å². The monoisotopic (exact) mass is 588 g/mol. The molecule has 0 radical (unpaired) electrons. The number of carbonyl (C=O) groups excluding carboxylic acids is 3. The third kappa shape index (κ3) is 13.7. The van der Waals surface area contributed by atoms with Gasteiger partial charge in [-0.05, 0) is 56.0 Å². The number of non-ortho nitro benzene ring substituents is 2. The van der Waals surface area contributed by atoms with Gasteiger partial charge in [0, 0.05) is 74.8 Å². The molecule has 0 fully saturated rings. The highest BCUT2D eigenvalue weighted by molar-refractivity contribution is 6.67. The molecule has 0 saturated heterocycles. The van der Waals surface area contributed by atoms with Crippen molar-refractivity contribution in [2.24, 2.45) is 0 Å². The number of anilines is 1. The summed E-state index contributed by atoms with van der Waals surface area (Å²) in [4.78, 5) is 55.8. The Kier molecular flexibility index (Phi) is 16.2. The van der Waals surface area contributed by atoms with Crippen molar-refractivity contribution >= 4 is 45.7 Å². The van der Waals surface area contributed by atoms with E-state index in [1.165, 1.54) is 46.2 Å². The number of carbonyl (C=O) groups is 3. The predicted molar refractivity (Wildman–Crippen MR) is 158 cm³/mol. The minimum Gasteiger partial charge on any atom is -0.399 e. The zero-order valence-corrected chi connectivity index (χ0v) is 24.3. The molecular formula is C27H33ClN6O7. The van der Waals surface area contributed by atoms with Crippen LogP contribution in [0.4, 0.5) is 17.1 Å². The molecule has 3 rings (SSSR count). The van der Waals surface area contributed by atoms with Gasteiger partial charge in [0.15, 0.2) is 0 Å². The van der Waals surface area contributed by atoms with Crippen LogP contribution in [0.25, 0.3) is 0 Å². The Morgan fingerprint density at radius 3 is 1.39 bits per heavy atom. The first-order valence-electron chi connectivity index (χ1n) is 11.7. The fourth-order valence-electron chi connectivity index (χ4n) is 2.68. The first-order valence-corrected chi connectivity index (χ1v) is 12.1. The van der Waals surface area contributed by atoms with E-state index in [2.05, 4.69) is 5.32 Å². The number of nitro groups is 2. The lowest BCUT2D eigenvalue weighted by molar-refractivity contribution is -0.385. The number of nitrogens with one attached hydrogen (secondary N) is 1. The number of hydrogen-bond donors (Lipinski definition) is 2. The number of nitrogens with zero attached hydrogens (tertiary/aromatic N) is 4. The van der Waals surface area contributed by atoms with Gasteiger partial charge in [-0.1, -0.05) is 18.2 Å². The van der Waals surface area contributed by atoms with Crippen LogP contribution in [0.15, 0.2) is 72.8 Å². The van der Waals surface area contributed by atoms with E-state index in [0.29, 0.717) is 16.8 Å². The second kappa shape index (κ2) is 18.4. The SMILES string of the molecule is CN(C)C(=O)c1cccc(N)c1.CN(C)C(=O)c1cccc([N+](=O)[O-])c1.CNC.O=C(Cl)c1cccc([N+](=O)[O-])c1. The Morgan fingerprint density at radius 1 is 0.707 bits per heavy atom. The van der Waals surface area contributed by atoms with E-state index in [9.17, 15) is 34.6 Å². The molecule has 3 aromatic rings. The zero-order chi connectivity index (χ0) is 31.7. The molecule has 2 amide bonds. The van der Waals surface area contributed by atoms with E-state index in [1.807, 2.05) is 14.1 Å². The van der Waals surface area contributed by atoms with Crippen molar-refractivity contribution in [1.82, 2.24) is 15.1 Å². The quantitative estimate of drug-likeness (QED) is 0.192. The van der Waals surface area contributed by atoms with Gasteiger partial charge < -0.3 is 20.9 Å². The average molecular weight is 589 g/mol. The highest BCUT2D eigenvalue weighted by atomic mass is 35.5. The molecule has 0 aliphatic rings. The third-order valence-corrected chi connectivity index (χ3v) is 4.75. The van der Waals surface area contributed by atoms with Crippen molar-refractivity contribution in [1.29, 1.82) is 0 Å². The molecule has 41 heavy (non-hydrogen) atoms. The molecule has 0 unspecified atom stereocenters. The van der Waals surface area contributed by atoms with Crippen molar-refractivity contribution in [3.8, 4) is 0 Å². The average Bonchev–Trinajstić information content (AvgIpc) is 2.93. The smallest absolute Gasteiger partial charge is 0.270 e. The van der Waals surface area contributed by atoms with Gasteiger partial charge in [-0.25, -0.2) is 0 Å². The van der Waals surface area contributed by atoms with E-state index in [1.54, 1.807) is 58.5 Å². The molecule has 0 atom stereocenters. The molecule has 0 spiro atoms. The fraction of sp³-hybridized carbons (Fsp3) is 0.222. The van der Waals surface area contributed by atoms with Crippen LogP contribution < -0.4 is 11.1 Å². The van der Waals surface area contributed by atoms with Gasteiger partial charge in [-0.2, -0.15) is 0 Å². The highest BCUT2D eigenvalue weighted by Crippen LogP contribution is 2.15. The number of rotatable bonds is 5. The first kappa shape index (κ1) is 36.1. The number of benzene rings is 3. The molecule has 220 valence electrons. The Labute approximate surface area is 242 Å². The third-order valence-electron chi connectivity index (χ3n) is 4.53. The van der Waals surface area contributed by atoms with Crippen molar-refractivity contribution < 1.29 is 24.2 Å². The van der Waals surface area contributed by atoms with Crippen LogP contribution in [0, 0.1) is 20.2 Å². The second-order valence-electron chi connectivity index (χ2n) is 8.41. The second-order valence-corrected chi connectivity index (χ2v) is 8.76. The number of hydrogen-bond acceptors (Lipinski definition) is 9. The van der Waals surface area contributed by atoms with Crippen LogP contribution in [0.5, 0.6) is 0 Å². The van der Waals surface area contributed by atoms with Crippen molar-refractivity contribution in [2.75, 3.05) is 48.0 Å². The van der Waals surface area contributed by atoms with E-state index in [0.717, 1.165) is 6.07 Å². The van der Waals surface area contributed by atoms with E-state index in [4.69, 9.17) is 17.3 Å². The van der Waals surface area contributed by atoms with Crippen LogP contribution in [-0.4, -0.2) is 79.0 Å². The topological polar surface area (TPSA) is 182 Å². The molecule has 0 aliphatic carbocycles. The van der Waals surface area contributed by atoms with Gasteiger partial charge >= 0.3 is 0 Å². The fourth-order valence-corrected chi connectivity index (χ4v) is 2.80. The lowest BCUT2D eigenvalue weighted by Gasteiger charge is -2.09. The van der Waals surface area contributed by atoms with Gasteiger partial charge in [0.05, 0.1) is 9.85 Å². The van der Waals surface area contributed by atoms with E-state index < -0.39 is 15.1 Å². The van der Waals surface area contributed by atoms with E-state index >= 15 is 0 Å². The summed E-state index contributed by atoms with van der Waals surface area (Å²) in [6.07, 6.45) is 0. The van der Waals surface area contributed by atoms with Crippen molar-refractivity contribution in [2.45, 2.75) is 0 Å². The summed E-state index contributed by atoms with van der Waals surface area (Å²) in [6, 6.07) is 17.9. The number of halogens is 1. The minimum atomic E-state index is -0.696.